The third kappa shape index (κ3) is 3.70. The molecule has 0 saturated carbocycles. The van der Waals surface area contributed by atoms with Gasteiger partial charge in [-0.3, -0.25) is 9.59 Å². The van der Waals surface area contributed by atoms with Crippen LogP contribution in [0.3, 0.4) is 0 Å². The van der Waals surface area contributed by atoms with E-state index in [0.717, 1.165) is 17.3 Å². The maximum absolute atomic E-state index is 11.9. The molecular weight excluding hydrogens is 254 g/mol. The van der Waals surface area contributed by atoms with Crippen LogP contribution in [0.1, 0.15) is 32.3 Å². The SMILES string of the molecule is CC(C)CCC(=O)OCc1cc2ccccc2[nH]c1=O. The van der Waals surface area contributed by atoms with E-state index in [4.69, 9.17) is 4.74 Å². The van der Waals surface area contributed by atoms with Gasteiger partial charge in [-0.05, 0) is 29.9 Å². The molecule has 20 heavy (non-hydrogen) atoms. The predicted octanol–water partition coefficient (Wildman–Crippen LogP) is 3.01. The molecule has 0 fully saturated rings. The molecule has 0 spiro atoms. The Labute approximate surface area is 117 Å². The molecule has 0 bridgehead atoms. The number of pyridine rings is 1. The van der Waals surface area contributed by atoms with Crippen LogP contribution in [0.25, 0.3) is 10.9 Å². The lowest BCUT2D eigenvalue weighted by atomic mass is 10.1. The Kier molecular flexibility index (Phi) is 4.56. The lowest BCUT2D eigenvalue weighted by molar-refractivity contribution is -0.145. The van der Waals surface area contributed by atoms with Crippen LogP contribution < -0.4 is 5.56 Å². The standard InChI is InChI=1S/C16H19NO3/c1-11(2)7-8-15(18)20-10-13-9-12-5-3-4-6-14(12)17-16(13)19/h3-6,9,11H,7-8,10H2,1-2H3,(H,17,19). The molecular formula is C16H19NO3. The van der Waals surface area contributed by atoms with Crippen molar-refractivity contribution in [2.75, 3.05) is 0 Å². The summed E-state index contributed by atoms with van der Waals surface area (Å²) in [5, 5.41) is 0.931. The molecule has 0 aliphatic carbocycles. The van der Waals surface area contributed by atoms with Gasteiger partial charge >= 0.3 is 5.97 Å². The van der Waals surface area contributed by atoms with E-state index in [2.05, 4.69) is 18.8 Å². The van der Waals surface area contributed by atoms with E-state index < -0.39 is 0 Å². The van der Waals surface area contributed by atoms with Crippen molar-refractivity contribution in [2.24, 2.45) is 5.92 Å². The molecule has 0 saturated heterocycles. The van der Waals surface area contributed by atoms with Crippen LogP contribution in [-0.2, 0) is 16.1 Å². The number of para-hydroxylation sites is 1. The van der Waals surface area contributed by atoms with Gasteiger partial charge in [0.2, 0.25) is 0 Å². The summed E-state index contributed by atoms with van der Waals surface area (Å²) in [4.78, 5) is 26.2. The normalized spacial score (nSPS) is 10.9. The largest absolute Gasteiger partial charge is 0.461 e. The van der Waals surface area contributed by atoms with E-state index in [9.17, 15) is 9.59 Å². The van der Waals surface area contributed by atoms with Crippen molar-refractivity contribution in [3.8, 4) is 0 Å². The summed E-state index contributed by atoms with van der Waals surface area (Å²) >= 11 is 0. The number of hydrogen-bond acceptors (Lipinski definition) is 3. The summed E-state index contributed by atoms with van der Waals surface area (Å²) in [6, 6.07) is 9.29. The predicted molar refractivity (Wildman–Crippen MR) is 78.4 cm³/mol. The number of nitrogens with one attached hydrogen (secondary N) is 1. The zero-order valence-electron chi connectivity index (χ0n) is 11.8. The van der Waals surface area contributed by atoms with E-state index >= 15 is 0 Å². The van der Waals surface area contributed by atoms with Crippen molar-refractivity contribution in [3.05, 3.63) is 46.2 Å². The van der Waals surface area contributed by atoms with Crippen LogP contribution in [0.15, 0.2) is 35.1 Å². The van der Waals surface area contributed by atoms with Crippen molar-refractivity contribution >= 4 is 16.9 Å². The van der Waals surface area contributed by atoms with Gasteiger partial charge < -0.3 is 9.72 Å². The summed E-state index contributed by atoms with van der Waals surface area (Å²) in [5.74, 6) is 0.206. The second kappa shape index (κ2) is 6.37. The smallest absolute Gasteiger partial charge is 0.306 e. The van der Waals surface area contributed by atoms with Crippen LogP contribution in [-0.4, -0.2) is 11.0 Å². The number of fused-ring (bicyclic) bond motifs is 1. The molecule has 0 aliphatic heterocycles. The Balaban J connectivity index is 2.04. The van der Waals surface area contributed by atoms with Gasteiger partial charge in [-0.25, -0.2) is 0 Å². The molecule has 2 rings (SSSR count). The average molecular weight is 273 g/mol. The number of esters is 1. The molecule has 0 amide bonds. The highest BCUT2D eigenvalue weighted by Crippen LogP contribution is 2.11. The summed E-state index contributed by atoms with van der Waals surface area (Å²) < 4.78 is 5.15. The molecule has 4 heteroatoms. The third-order valence-electron chi connectivity index (χ3n) is 3.14. The average Bonchev–Trinajstić information content (AvgIpc) is 2.42. The third-order valence-corrected chi connectivity index (χ3v) is 3.14. The number of ether oxygens (including phenoxy) is 1. The van der Waals surface area contributed by atoms with E-state index in [1.807, 2.05) is 24.3 Å². The Hall–Kier alpha value is -2.10. The van der Waals surface area contributed by atoms with Gasteiger partial charge in [-0.15, -0.1) is 0 Å². The molecule has 4 nitrogen and oxygen atoms in total. The lowest BCUT2D eigenvalue weighted by Crippen LogP contribution is -2.15. The fourth-order valence-electron chi connectivity index (χ4n) is 1.94. The zero-order chi connectivity index (χ0) is 14.5. The molecule has 1 aromatic carbocycles. The molecule has 1 N–H and O–H groups in total. The highest BCUT2D eigenvalue weighted by Gasteiger charge is 2.08. The maximum atomic E-state index is 11.9. The molecule has 0 unspecified atom stereocenters. The zero-order valence-corrected chi connectivity index (χ0v) is 11.8. The van der Waals surface area contributed by atoms with Crippen LogP contribution in [0.4, 0.5) is 0 Å². The van der Waals surface area contributed by atoms with Crippen molar-refractivity contribution in [1.29, 1.82) is 0 Å². The molecule has 2 aromatic rings. The minimum absolute atomic E-state index is 0.0249. The molecule has 0 atom stereocenters. The maximum Gasteiger partial charge on any atom is 0.306 e. The number of carbonyl (C=O) groups excluding carboxylic acids is 1. The van der Waals surface area contributed by atoms with Crippen LogP contribution >= 0.6 is 0 Å². The van der Waals surface area contributed by atoms with Gasteiger partial charge in [0.05, 0.1) is 5.56 Å². The molecule has 1 aromatic heterocycles. The van der Waals surface area contributed by atoms with Crippen molar-refractivity contribution in [3.63, 3.8) is 0 Å². The monoisotopic (exact) mass is 273 g/mol. The topological polar surface area (TPSA) is 59.2 Å². The number of hydrogen-bond donors (Lipinski definition) is 1. The second-order valence-corrected chi connectivity index (χ2v) is 5.30. The van der Waals surface area contributed by atoms with Gasteiger partial charge in [-0.1, -0.05) is 32.0 Å². The second-order valence-electron chi connectivity index (χ2n) is 5.30. The molecule has 0 radical (unpaired) electrons. The Morgan fingerprint density at radius 2 is 2.05 bits per heavy atom. The summed E-state index contributed by atoms with van der Waals surface area (Å²) in [5.41, 5.74) is 1.05. The van der Waals surface area contributed by atoms with Gasteiger partial charge in [0.1, 0.15) is 6.61 Å². The van der Waals surface area contributed by atoms with Crippen LogP contribution in [0, 0.1) is 5.92 Å². The van der Waals surface area contributed by atoms with Gasteiger partial charge in [0, 0.05) is 11.9 Å². The van der Waals surface area contributed by atoms with E-state index in [1.165, 1.54) is 0 Å². The fourth-order valence-corrected chi connectivity index (χ4v) is 1.94. The number of H-pyrrole nitrogens is 1. The first-order chi connectivity index (χ1) is 9.56. The highest BCUT2D eigenvalue weighted by molar-refractivity contribution is 5.78. The van der Waals surface area contributed by atoms with E-state index in [-0.39, 0.29) is 18.1 Å². The van der Waals surface area contributed by atoms with E-state index in [1.54, 1.807) is 6.07 Å². The van der Waals surface area contributed by atoms with E-state index in [0.29, 0.717) is 17.9 Å². The van der Waals surface area contributed by atoms with Gasteiger partial charge in [0.15, 0.2) is 0 Å². The summed E-state index contributed by atoms with van der Waals surface area (Å²) in [6.45, 7) is 4.14. The number of aromatic amines is 1. The van der Waals surface area contributed by atoms with Gasteiger partial charge in [-0.2, -0.15) is 0 Å². The highest BCUT2D eigenvalue weighted by atomic mass is 16.5. The van der Waals surface area contributed by atoms with Crippen molar-refractivity contribution in [2.45, 2.75) is 33.3 Å². The van der Waals surface area contributed by atoms with Crippen LogP contribution in [0.2, 0.25) is 0 Å². The Morgan fingerprint density at radius 1 is 1.30 bits per heavy atom. The summed E-state index contributed by atoms with van der Waals surface area (Å²) in [7, 11) is 0. The van der Waals surface area contributed by atoms with Crippen molar-refractivity contribution in [1.82, 2.24) is 4.98 Å². The molecule has 1 heterocycles. The Bertz CT molecular complexity index is 658. The lowest BCUT2D eigenvalue weighted by Gasteiger charge is -2.07. The number of rotatable bonds is 5. The number of benzene rings is 1. The minimum atomic E-state index is -0.258. The Morgan fingerprint density at radius 3 is 2.80 bits per heavy atom. The fraction of sp³-hybridized carbons (Fsp3) is 0.375. The first-order valence-corrected chi connectivity index (χ1v) is 6.83. The first kappa shape index (κ1) is 14.3. The quantitative estimate of drug-likeness (QED) is 0.852. The van der Waals surface area contributed by atoms with Crippen molar-refractivity contribution < 1.29 is 9.53 Å². The minimum Gasteiger partial charge on any atom is -0.461 e. The summed E-state index contributed by atoms with van der Waals surface area (Å²) in [6.07, 6.45) is 1.19. The number of aromatic nitrogens is 1. The first-order valence-electron chi connectivity index (χ1n) is 6.83. The molecule has 106 valence electrons. The van der Waals surface area contributed by atoms with Gasteiger partial charge in [0.25, 0.3) is 5.56 Å². The van der Waals surface area contributed by atoms with Crippen LogP contribution in [0.5, 0.6) is 0 Å². The number of carbonyl (C=O) groups is 1. The molecule has 0 aliphatic rings.